The van der Waals surface area contributed by atoms with E-state index in [2.05, 4.69) is 15.3 Å². The number of methoxy groups -OCH3 is 1. The van der Waals surface area contributed by atoms with E-state index in [0.29, 0.717) is 16.9 Å². The summed E-state index contributed by atoms with van der Waals surface area (Å²) < 4.78 is 18.6. The van der Waals surface area contributed by atoms with Crippen LogP contribution in [-0.4, -0.2) is 29.8 Å². The van der Waals surface area contributed by atoms with Crippen molar-refractivity contribution in [1.29, 1.82) is 5.41 Å². The number of halogens is 1. The third-order valence-electron chi connectivity index (χ3n) is 2.80. The second kappa shape index (κ2) is 5.52. The topological polar surface area (TPSA) is 96.9 Å². The fourth-order valence-corrected chi connectivity index (χ4v) is 1.80. The van der Waals surface area contributed by atoms with Crippen LogP contribution in [0.1, 0.15) is 11.1 Å². The summed E-state index contributed by atoms with van der Waals surface area (Å²) in [5, 5.41) is 11.0. The van der Waals surface area contributed by atoms with Gasteiger partial charge in [-0.15, -0.1) is 0 Å². The van der Waals surface area contributed by atoms with Crippen molar-refractivity contribution in [3.8, 4) is 5.75 Å². The van der Waals surface area contributed by atoms with Gasteiger partial charge in [0.1, 0.15) is 18.0 Å². The highest BCUT2D eigenvalue weighted by Gasteiger charge is 2.16. The van der Waals surface area contributed by atoms with Gasteiger partial charge < -0.3 is 15.8 Å². The summed E-state index contributed by atoms with van der Waals surface area (Å²) in [4.78, 5) is 7.86. The molecule has 0 fully saturated rings. The molecule has 7 heteroatoms. The number of anilines is 2. The maximum atomic E-state index is 13.7. The van der Waals surface area contributed by atoms with Crippen LogP contribution >= 0.6 is 0 Å². The predicted octanol–water partition coefficient (Wildman–Crippen LogP) is 1.66. The Labute approximate surface area is 115 Å². The first-order valence-electron chi connectivity index (χ1n) is 5.79. The van der Waals surface area contributed by atoms with Gasteiger partial charge in [0, 0.05) is 12.6 Å². The number of nitrogen functional groups attached to an aromatic ring is 1. The third kappa shape index (κ3) is 2.37. The summed E-state index contributed by atoms with van der Waals surface area (Å²) in [7, 11) is 3.04. The Morgan fingerprint density at radius 3 is 2.75 bits per heavy atom. The maximum absolute atomic E-state index is 13.7. The number of nitrogens with zero attached hydrogens (tertiary/aromatic N) is 2. The fourth-order valence-electron chi connectivity index (χ4n) is 1.80. The van der Waals surface area contributed by atoms with Crippen molar-refractivity contribution in [2.75, 3.05) is 25.2 Å². The third-order valence-corrected chi connectivity index (χ3v) is 2.80. The van der Waals surface area contributed by atoms with Crippen molar-refractivity contribution in [3.05, 3.63) is 41.5 Å². The van der Waals surface area contributed by atoms with Crippen molar-refractivity contribution in [2.45, 2.75) is 0 Å². The van der Waals surface area contributed by atoms with E-state index in [-0.39, 0.29) is 17.3 Å². The maximum Gasteiger partial charge on any atom is 0.165 e. The van der Waals surface area contributed by atoms with Gasteiger partial charge in [-0.25, -0.2) is 14.4 Å². The summed E-state index contributed by atoms with van der Waals surface area (Å²) in [6.45, 7) is 0. The minimum absolute atomic E-state index is 0.0361. The lowest BCUT2D eigenvalue weighted by atomic mass is 10.0. The molecule has 0 spiro atoms. The van der Waals surface area contributed by atoms with Crippen molar-refractivity contribution in [1.82, 2.24) is 9.97 Å². The molecule has 0 amide bonds. The normalized spacial score (nSPS) is 10.2. The van der Waals surface area contributed by atoms with E-state index in [1.165, 1.54) is 25.6 Å². The first-order chi connectivity index (χ1) is 9.58. The second-order valence-corrected chi connectivity index (χ2v) is 3.96. The van der Waals surface area contributed by atoms with Gasteiger partial charge in [-0.05, 0) is 18.2 Å². The molecule has 0 aliphatic carbocycles. The van der Waals surface area contributed by atoms with Crippen LogP contribution in [0.5, 0.6) is 5.75 Å². The van der Waals surface area contributed by atoms with E-state index >= 15 is 0 Å². The highest BCUT2D eigenvalue weighted by Crippen LogP contribution is 2.24. The molecule has 4 N–H and O–H groups in total. The minimum atomic E-state index is -0.545. The molecule has 0 saturated carbocycles. The van der Waals surface area contributed by atoms with Crippen LogP contribution in [0.3, 0.4) is 0 Å². The van der Waals surface area contributed by atoms with Crippen LogP contribution in [0, 0.1) is 11.2 Å². The van der Waals surface area contributed by atoms with E-state index in [0.717, 1.165) is 0 Å². The largest absolute Gasteiger partial charge is 0.494 e. The summed E-state index contributed by atoms with van der Waals surface area (Å²) in [6, 6.07) is 4.25. The Morgan fingerprint density at radius 2 is 2.15 bits per heavy atom. The van der Waals surface area contributed by atoms with Crippen LogP contribution in [-0.2, 0) is 0 Å². The zero-order valence-corrected chi connectivity index (χ0v) is 11.1. The van der Waals surface area contributed by atoms with Crippen LogP contribution in [0.2, 0.25) is 0 Å². The number of nitrogens with two attached hydrogens (primary N) is 1. The molecule has 20 heavy (non-hydrogen) atoms. The van der Waals surface area contributed by atoms with Gasteiger partial charge >= 0.3 is 0 Å². The molecule has 1 aromatic heterocycles. The molecule has 0 aliphatic rings. The molecule has 6 nitrogen and oxygen atoms in total. The highest BCUT2D eigenvalue weighted by atomic mass is 19.1. The quantitative estimate of drug-likeness (QED) is 0.737. The van der Waals surface area contributed by atoms with Crippen LogP contribution < -0.4 is 15.8 Å². The lowest BCUT2D eigenvalue weighted by Crippen LogP contribution is -2.12. The Morgan fingerprint density at radius 1 is 1.40 bits per heavy atom. The van der Waals surface area contributed by atoms with E-state index in [4.69, 9.17) is 15.9 Å². The second-order valence-electron chi connectivity index (χ2n) is 3.96. The fraction of sp³-hybridized carbons (Fsp3) is 0.154. The van der Waals surface area contributed by atoms with Gasteiger partial charge in [-0.3, -0.25) is 5.41 Å². The molecule has 2 rings (SSSR count). The van der Waals surface area contributed by atoms with E-state index in [1.54, 1.807) is 13.1 Å². The molecule has 0 unspecified atom stereocenters. The van der Waals surface area contributed by atoms with Crippen LogP contribution in [0.4, 0.5) is 16.0 Å². The lowest BCUT2D eigenvalue weighted by molar-refractivity contribution is 0.386. The highest BCUT2D eigenvalue weighted by molar-refractivity contribution is 6.16. The Balaban J connectivity index is 2.49. The van der Waals surface area contributed by atoms with Crippen LogP contribution in [0.25, 0.3) is 0 Å². The van der Waals surface area contributed by atoms with Gasteiger partial charge in [0.25, 0.3) is 0 Å². The molecule has 104 valence electrons. The SMILES string of the molecule is CNc1ncnc(N)c1C(=N)c1ccc(OC)c(F)c1. The smallest absolute Gasteiger partial charge is 0.165 e. The standard InChI is InChI=1S/C13H14FN5O/c1-17-13-10(12(16)18-6-19-13)11(15)7-3-4-9(20-2)8(14)5-7/h3-6,15H,1-2H3,(H3,16,17,18,19). The van der Waals surface area contributed by atoms with Crippen molar-refractivity contribution in [2.24, 2.45) is 0 Å². The molecule has 0 radical (unpaired) electrons. The Kier molecular flexibility index (Phi) is 3.79. The zero-order valence-electron chi connectivity index (χ0n) is 11.1. The van der Waals surface area contributed by atoms with E-state index in [1.807, 2.05) is 0 Å². The molecule has 1 heterocycles. The predicted molar refractivity (Wildman–Crippen MR) is 74.9 cm³/mol. The van der Waals surface area contributed by atoms with E-state index in [9.17, 15) is 4.39 Å². The lowest BCUT2D eigenvalue weighted by Gasteiger charge is -2.12. The molecular weight excluding hydrogens is 261 g/mol. The minimum Gasteiger partial charge on any atom is -0.494 e. The monoisotopic (exact) mass is 275 g/mol. The van der Waals surface area contributed by atoms with Gasteiger partial charge in [0.2, 0.25) is 0 Å². The van der Waals surface area contributed by atoms with E-state index < -0.39 is 5.82 Å². The molecule has 0 atom stereocenters. The van der Waals surface area contributed by atoms with Gasteiger partial charge in [-0.1, -0.05) is 0 Å². The van der Waals surface area contributed by atoms with Crippen LogP contribution in [0.15, 0.2) is 24.5 Å². The number of aromatic nitrogens is 2. The number of benzene rings is 1. The Bertz CT molecular complexity index is 659. The number of hydrogen-bond acceptors (Lipinski definition) is 6. The molecule has 2 aromatic rings. The van der Waals surface area contributed by atoms with Gasteiger partial charge in [0.05, 0.1) is 18.4 Å². The van der Waals surface area contributed by atoms with Gasteiger partial charge in [0.15, 0.2) is 11.6 Å². The van der Waals surface area contributed by atoms with Crippen molar-refractivity contribution >= 4 is 17.3 Å². The number of nitrogens with one attached hydrogen (secondary N) is 2. The summed E-state index contributed by atoms with van der Waals surface area (Å²) in [5.74, 6) is 0.146. The van der Waals surface area contributed by atoms with Crippen molar-refractivity contribution in [3.63, 3.8) is 0 Å². The number of rotatable bonds is 4. The molecular formula is C13H14FN5O. The summed E-state index contributed by atoms with van der Waals surface area (Å²) >= 11 is 0. The molecule has 1 aromatic carbocycles. The Hall–Kier alpha value is -2.70. The first kappa shape index (κ1) is 13.7. The van der Waals surface area contributed by atoms with Crippen molar-refractivity contribution < 1.29 is 9.13 Å². The summed E-state index contributed by atoms with van der Waals surface area (Å²) in [6.07, 6.45) is 1.30. The molecule has 0 aliphatic heterocycles. The van der Waals surface area contributed by atoms with Gasteiger partial charge in [-0.2, -0.15) is 0 Å². The average molecular weight is 275 g/mol. The number of ether oxygens (including phenoxy) is 1. The average Bonchev–Trinajstić information content (AvgIpc) is 2.46. The first-order valence-corrected chi connectivity index (χ1v) is 5.79. The zero-order chi connectivity index (χ0) is 14.7. The molecule has 0 saturated heterocycles. The summed E-state index contributed by atoms with van der Waals surface area (Å²) in [5.41, 5.74) is 6.51. The number of hydrogen-bond donors (Lipinski definition) is 3. The molecule has 0 bridgehead atoms.